The van der Waals surface area contributed by atoms with Crippen molar-refractivity contribution in [3.8, 4) is 0 Å². The summed E-state index contributed by atoms with van der Waals surface area (Å²) in [6.07, 6.45) is -1.29. The Hall–Kier alpha value is -2.42. The summed E-state index contributed by atoms with van der Waals surface area (Å²) in [5.74, 6) is -1.35. The molecule has 24 heavy (non-hydrogen) atoms. The van der Waals surface area contributed by atoms with Crippen LogP contribution in [0.25, 0.3) is 0 Å². The summed E-state index contributed by atoms with van der Waals surface area (Å²) in [4.78, 5) is 37.5. The molecule has 3 rings (SSSR count). The normalized spacial score (nSPS) is 12.6. The van der Waals surface area contributed by atoms with Gasteiger partial charge < -0.3 is 10.0 Å². The molecule has 0 saturated heterocycles. The van der Waals surface area contributed by atoms with Crippen molar-refractivity contribution in [2.24, 2.45) is 0 Å². The quantitative estimate of drug-likeness (QED) is 0.440. The number of hydrogen-bond acceptors (Lipinski definition) is 3. The van der Waals surface area contributed by atoms with E-state index in [2.05, 4.69) is 5.32 Å². The van der Waals surface area contributed by atoms with Crippen LogP contribution >= 0.6 is 22.6 Å². The maximum atomic E-state index is 12.6. The molecule has 0 atom stereocenters. The molecule has 6 nitrogen and oxygen atoms in total. The van der Waals surface area contributed by atoms with E-state index in [1.54, 1.807) is 6.07 Å². The lowest BCUT2D eigenvalue weighted by Gasteiger charge is -2.16. The molecular weight excluding hydrogens is 423 g/mol. The molecule has 2 amide bonds. The van der Waals surface area contributed by atoms with Crippen LogP contribution in [0.3, 0.4) is 0 Å². The SMILES string of the molecule is O=C(O)Nc1ccc(I)cc1C(=O)C(=O)N1Cc2ccccc2C1. The van der Waals surface area contributed by atoms with E-state index in [0.29, 0.717) is 13.1 Å². The molecule has 122 valence electrons. The third-order valence-electron chi connectivity index (χ3n) is 3.79. The molecule has 0 unspecified atom stereocenters. The van der Waals surface area contributed by atoms with Crippen LogP contribution in [-0.2, 0) is 17.9 Å². The van der Waals surface area contributed by atoms with Gasteiger partial charge in [0, 0.05) is 16.7 Å². The van der Waals surface area contributed by atoms with Crippen molar-refractivity contribution in [3.05, 3.63) is 62.7 Å². The number of amides is 2. The molecule has 1 aliphatic rings. The first-order chi connectivity index (χ1) is 11.5. The fraction of sp³-hybridized carbons (Fsp3) is 0.118. The number of carbonyl (C=O) groups excluding carboxylic acids is 2. The van der Waals surface area contributed by atoms with Crippen molar-refractivity contribution in [2.75, 3.05) is 5.32 Å². The number of nitrogens with one attached hydrogen (secondary N) is 1. The van der Waals surface area contributed by atoms with Gasteiger partial charge in [0.1, 0.15) is 0 Å². The number of rotatable bonds is 3. The lowest BCUT2D eigenvalue weighted by molar-refractivity contribution is -0.127. The van der Waals surface area contributed by atoms with Gasteiger partial charge in [0.25, 0.3) is 11.7 Å². The first-order valence-corrected chi connectivity index (χ1v) is 8.23. The smallest absolute Gasteiger partial charge is 0.409 e. The van der Waals surface area contributed by atoms with Crippen LogP contribution in [0.2, 0.25) is 0 Å². The maximum Gasteiger partial charge on any atom is 0.409 e. The number of fused-ring (bicyclic) bond motifs is 1. The topological polar surface area (TPSA) is 86.7 Å². The Morgan fingerprint density at radius 2 is 1.67 bits per heavy atom. The molecule has 0 aliphatic carbocycles. The number of halogens is 1. The average Bonchev–Trinajstić information content (AvgIpc) is 2.98. The molecule has 2 aromatic rings. The van der Waals surface area contributed by atoms with Crippen molar-refractivity contribution in [1.29, 1.82) is 0 Å². The number of ketones is 1. The van der Waals surface area contributed by atoms with Gasteiger partial charge >= 0.3 is 6.09 Å². The zero-order chi connectivity index (χ0) is 17.3. The second-order valence-corrected chi connectivity index (χ2v) is 6.62. The summed E-state index contributed by atoms with van der Waals surface area (Å²) in [5, 5.41) is 11.1. The Labute approximate surface area is 151 Å². The van der Waals surface area contributed by atoms with E-state index < -0.39 is 17.8 Å². The first kappa shape index (κ1) is 16.4. The fourth-order valence-corrected chi connectivity index (χ4v) is 3.16. The van der Waals surface area contributed by atoms with Gasteiger partial charge in [-0.1, -0.05) is 24.3 Å². The highest BCUT2D eigenvalue weighted by Crippen LogP contribution is 2.25. The van der Waals surface area contributed by atoms with Crippen molar-refractivity contribution in [3.63, 3.8) is 0 Å². The highest BCUT2D eigenvalue weighted by atomic mass is 127. The van der Waals surface area contributed by atoms with Gasteiger partial charge in [0.05, 0.1) is 11.3 Å². The Kier molecular flexibility index (Phi) is 4.52. The molecule has 0 bridgehead atoms. The molecule has 1 aliphatic heterocycles. The molecule has 0 aromatic heterocycles. The van der Waals surface area contributed by atoms with Gasteiger partial charge in [-0.2, -0.15) is 0 Å². The summed E-state index contributed by atoms with van der Waals surface area (Å²) in [7, 11) is 0. The van der Waals surface area contributed by atoms with E-state index in [1.165, 1.54) is 17.0 Å². The van der Waals surface area contributed by atoms with E-state index in [0.717, 1.165) is 14.7 Å². The molecule has 2 aromatic carbocycles. The molecule has 0 spiro atoms. The summed E-state index contributed by atoms with van der Waals surface area (Å²) < 4.78 is 0.740. The number of anilines is 1. The minimum absolute atomic E-state index is 0.0604. The monoisotopic (exact) mass is 436 g/mol. The summed E-state index contributed by atoms with van der Waals surface area (Å²) in [5.41, 5.74) is 2.21. The van der Waals surface area contributed by atoms with Crippen LogP contribution < -0.4 is 5.32 Å². The van der Waals surface area contributed by atoms with E-state index in [1.807, 2.05) is 46.9 Å². The van der Waals surface area contributed by atoms with Gasteiger partial charge in [0.2, 0.25) is 0 Å². The Balaban J connectivity index is 1.86. The van der Waals surface area contributed by atoms with Crippen molar-refractivity contribution in [2.45, 2.75) is 13.1 Å². The zero-order valence-electron chi connectivity index (χ0n) is 12.5. The van der Waals surface area contributed by atoms with Gasteiger partial charge in [-0.3, -0.25) is 14.9 Å². The van der Waals surface area contributed by atoms with Crippen LogP contribution in [0.1, 0.15) is 21.5 Å². The van der Waals surface area contributed by atoms with Gasteiger partial charge in [-0.15, -0.1) is 0 Å². The van der Waals surface area contributed by atoms with Crippen LogP contribution in [0.5, 0.6) is 0 Å². The summed E-state index contributed by atoms with van der Waals surface area (Å²) >= 11 is 2.01. The van der Waals surface area contributed by atoms with E-state index in [9.17, 15) is 14.4 Å². The highest BCUT2D eigenvalue weighted by Gasteiger charge is 2.30. The van der Waals surface area contributed by atoms with Crippen LogP contribution in [-0.4, -0.2) is 27.8 Å². The van der Waals surface area contributed by atoms with Gasteiger partial charge in [-0.05, 0) is 51.9 Å². The molecule has 0 radical (unpaired) electrons. The number of hydrogen-bond donors (Lipinski definition) is 2. The minimum atomic E-state index is -1.29. The standard InChI is InChI=1S/C17H13IN2O4/c18-12-5-6-14(19-17(23)24)13(7-12)15(21)16(22)20-8-10-3-1-2-4-11(10)9-20/h1-7,19H,8-9H2,(H,23,24). The molecule has 1 heterocycles. The van der Waals surface area contributed by atoms with E-state index in [4.69, 9.17) is 5.11 Å². The number of nitrogens with zero attached hydrogens (tertiary/aromatic N) is 1. The fourth-order valence-electron chi connectivity index (χ4n) is 2.66. The Morgan fingerprint density at radius 3 is 2.25 bits per heavy atom. The van der Waals surface area contributed by atoms with Crippen LogP contribution in [0.15, 0.2) is 42.5 Å². The van der Waals surface area contributed by atoms with Crippen molar-refractivity contribution in [1.82, 2.24) is 4.90 Å². The first-order valence-electron chi connectivity index (χ1n) is 7.15. The predicted octanol–water partition coefficient (Wildman–Crippen LogP) is 3.11. The third kappa shape index (κ3) is 3.25. The number of carbonyl (C=O) groups is 3. The molecular formula is C17H13IN2O4. The lowest BCUT2D eigenvalue weighted by Crippen LogP contribution is -2.33. The third-order valence-corrected chi connectivity index (χ3v) is 4.46. The Morgan fingerprint density at radius 1 is 1.04 bits per heavy atom. The van der Waals surface area contributed by atoms with Crippen LogP contribution in [0, 0.1) is 3.57 Å². The predicted molar refractivity (Wildman–Crippen MR) is 95.8 cm³/mol. The molecule has 2 N–H and O–H groups in total. The number of Topliss-reactive ketones (excluding diaryl/α,β-unsaturated/α-hetero) is 1. The molecule has 7 heteroatoms. The average molecular weight is 436 g/mol. The summed E-state index contributed by atoms with van der Waals surface area (Å²) in [6, 6.07) is 12.3. The van der Waals surface area contributed by atoms with E-state index >= 15 is 0 Å². The largest absolute Gasteiger partial charge is 0.465 e. The number of benzene rings is 2. The Bertz CT molecular complexity index is 825. The second kappa shape index (κ2) is 6.60. The van der Waals surface area contributed by atoms with Crippen molar-refractivity contribution < 1.29 is 19.5 Å². The van der Waals surface area contributed by atoms with Crippen LogP contribution in [0.4, 0.5) is 10.5 Å². The molecule has 0 fully saturated rings. The zero-order valence-corrected chi connectivity index (χ0v) is 14.6. The van der Waals surface area contributed by atoms with E-state index in [-0.39, 0.29) is 11.3 Å². The van der Waals surface area contributed by atoms with Gasteiger partial charge in [0.15, 0.2) is 0 Å². The van der Waals surface area contributed by atoms with Gasteiger partial charge in [-0.25, -0.2) is 4.79 Å². The second-order valence-electron chi connectivity index (χ2n) is 5.38. The minimum Gasteiger partial charge on any atom is -0.465 e. The van der Waals surface area contributed by atoms with Crippen molar-refractivity contribution >= 4 is 46.1 Å². The maximum absolute atomic E-state index is 12.6. The molecule has 0 saturated carbocycles. The number of carboxylic acid groups (broad SMARTS) is 1. The highest BCUT2D eigenvalue weighted by molar-refractivity contribution is 14.1. The lowest BCUT2D eigenvalue weighted by atomic mass is 10.1. The summed E-state index contributed by atoms with van der Waals surface area (Å²) in [6.45, 7) is 0.763.